The van der Waals surface area contributed by atoms with Crippen LogP contribution in [0.4, 0.5) is 4.79 Å². The van der Waals surface area contributed by atoms with Crippen LogP contribution in [0.15, 0.2) is 12.1 Å². The summed E-state index contributed by atoms with van der Waals surface area (Å²) in [6.45, 7) is 1.84. The first-order valence-corrected chi connectivity index (χ1v) is 10.1. The van der Waals surface area contributed by atoms with Crippen molar-refractivity contribution in [2.45, 2.75) is 49.0 Å². The molecule has 3 fully saturated rings. The lowest BCUT2D eigenvalue weighted by Gasteiger charge is -2.60. The van der Waals surface area contributed by atoms with Crippen molar-refractivity contribution in [3.05, 3.63) is 23.3 Å². The third kappa shape index (κ3) is 1.80. The second-order valence-electron chi connectivity index (χ2n) is 8.51. The summed E-state index contributed by atoms with van der Waals surface area (Å²) in [5, 5.41) is 0. The Morgan fingerprint density at radius 3 is 2.79 bits per heavy atom. The van der Waals surface area contributed by atoms with Gasteiger partial charge in [-0.15, -0.1) is 0 Å². The Balaban J connectivity index is 1.56. The zero-order valence-corrected chi connectivity index (χ0v) is 16.2. The topological polar surface area (TPSA) is 66.5 Å². The van der Waals surface area contributed by atoms with E-state index in [1.165, 1.54) is 18.2 Å². The smallest absolute Gasteiger partial charge is 0.409 e. The van der Waals surface area contributed by atoms with E-state index in [-0.39, 0.29) is 23.7 Å². The van der Waals surface area contributed by atoms with Crippen LogP contribution in [0.1, 0.15) is 30.4 Å². The van der Waals surface area contributed by atoms with Gasteiger partial charge in [0.05, 0.1) is 27.4 Å². The van der Waals surface area contributed by atoms with E-state index in [9.17, 15) is 4.79 Å². The van der Waals surface area contributed by atoms with Gasteiger partial charge < -0.3 is 28.6 Å². The number of carbonyl (C=O) groups excluding carboxylic acids is 1. The maximum absolute atomic E-state index is 12.5. The van der Waals surface area contributed by atoms with Crippen molar-refractivity contribution in [1.29, 1.82) is 0 Å². The normalized spacial score (nSPS) is 36.1. The van der Waals surface area contributed by atoms with Crippen LogP contribution in [-0.2, 0) is 26.0 Å². The Morgan fingerprint density at radius 2 is 2.04 bits per heavy atom. The zero-order chi connectivity index (χ0) is 19.1. The monoisotopic (exact) mass is 387 g/mol. The van der Waals surface area contributed by atoms with E-state index in [1.54, 1.807) is 7.11 Å². The number of hydrogen-bond acceptors (Lipinski definition) is 6. The van der Waals surface area contributed by atoms with Crippen molar-refractivity contribution in [2.24, 2.45) is 5.92 Å². The molecule has 1 aromatic rings. The lowest BCUT2D eigenvalue weighted by atomic mass is 9.50. The van der Waals surface area contributed by atoms with Crippen molar-refractivity contribution in [2.75, 3.05) is 34.0 Å². The fourth-order valence-electron chi connectivity index (χ4n) is 6.78. The highest BCUT2D eigenvalue weighted by Crippen LogP contribution is 2.66. The van der Waals surface area contributed by atoms with Gasteiger partial charge in [-0.25, -0.2) is 4.79 Å². The van der Waals surface area contributed by atoms with Crippen LogP contribution in [0.2, 0.25) is 0 Å². The van der Waals surface area contributed by atoms with Crippen LogP contribution < -0.4 is 9.47 Å². The Morgan fingerprint density at radius 1 is 1.21 bits per heavy atom. The number of amides is 1. The lowest BCUT2D eigenvalue weighted by molar-refractivity contribution is -0.260. The molecule has 150 valence electrons. The minimum atomic E-state index is -0.701. The van der Waals surface area contributed by atoms with Crippen LogP contribution in [0, 0.1) is 5.92 Å². The summed E-state index contributed by atoms with van der Waals surface area (Å²) in [6.07, 6.45) is 2.90. The summed E-state index contributed by atoms with van der Waals surface area (Å²) in [5.41, 5.74) is 2.29. The quantitative estimate of drug-likeness (QED) is 0.736. The van der Waals surface area contributed by atoms with Gasteiger partial charge in [-0.1, -0.05) is 6.07 Å². The highest BCUT2D eigenvalue weighted by molar-refractivity contribution is 5.70. The Labute approximate surface area is 163 Å². The molecule has 0 aromatic heterocycles. The molecule has 3 aliphatic heterocycles. The SMILES string of the molecule is COC(=O)N1CC[C@]23c4c5ccc(OC)c4O[C@H]2C2(CC[C@H]3[C@@H]1C5)OCCO2. The number of piperidine rings is 1. The highest BCUT2D eigenvalue weighted by atomic mass is 16.8. The summed E-state index contributed by atoms with van der Waals surface area (Å²) in [5.74, 6) is 1.21. The van der Waals surface area contributed by atoms with Crippen molar-refractivity contribution >= 4 is 6.09 Å². The Hall–Kier alpha value is -1.99. The number of nitrogens with zero attached hydrogens (tertiary/aromatic N) is 1. The molecule has 0 radical (unpaired) electrons. The van der Waals surface area contributed by atoms with Gasteiger partial charge in [0.2, 0.25) is 5.79 Å². The minimum absolute atomic E-state index is 0.109. The first kappa shape index (κ1) is 16.9. The second kappa shape index (κ2) is 5.54. The van der Waals surface area contributed by atoms with Crippen LogP contribution in [-0.4, -0.2) is 62.9 Å². The van der Waals surface area contributed by atoms with Gasteiger partial charge in [0, 0.05) is 30.0 Å². The molecule has 7 heteroatoms. The number of benzene rings is 1. The molecule has 1 amide bonds. The average molecular weight is 387 g/mol. The molecule has 28 heavy (non-hydrogen) atoms. The van der Waals surface area contributed by atoms with E-state index >= 15 is 0 Å². The van der Waals surface area contributed by atoms with Gasteiger partial charge in [-0.2, -0.15) is 0 Å². The standard InChI is InChI=1S/C21H25NO6/c1-24-15-4-3-12-11-14-13-5-6-21(26-9-10-27-21)18-20(13,16(12)17(15)28-18)7-8-22(14)19(23)25-2/h3-4,13-14,18H,5-11H2,1-2H3/t13-,14-,18+,20-/m0/s1. The second-order valence-corrected chi connectivity index (χ2v) is 8.51. The van der Waals surface area contributed by atoms with E-state index < -0.39 is 5.79 Å². The van der Waals surface area contributed by atoms with Gasteiger partial charge in [-0.05, 0) is 36.8 Å². The largest absolute Gasteiger partial charge is 0.493 e. The number of methoxy groups -OCH3 is 2. The molecular weight excluding hydrogens is 362 g/mol. The van der Waals surface area contributed by atoms with Gasteiger partial charge in [0.15, 0.2) is 17.6 Å². The number of fused-ring (bicyclic) bond motifs is 1. The van der Waals surface area contributed by atoms with Crippen LogP contribution in [0.3, 0.4) is 0 Å². The molecule has 2 bridgehead atoms. The molecule has 1 saturated carbocycles. The fraction of sp³-hybridized carbons (Fsp3) is 0.667. The van der Waals surface area contributed by atoms with Gasteiger partial charge >= 0.3 is 6.09 Å². The molecule has 1 aromatic carbocycles. The van der Waals surface area contributed by atoms with Crippen LogP contribution in [0.5, 0.6) is 11.5 Å². The maximum Gasteiger partial charge on any atom is 0.409 e. The number of rotatable bonds is 1. The highest BCUT2D eigenvalue weighted by Gasteiger charge is 2.71. The predicted molar refractivity (Wildman–Crippen MR) is 97.7 cm³/mol. The summed E-state index contributed by atoms with van der Waals surface area (Å²) in [6, 6.07) is 4.22. The first-order valence-electron chi connectivity index (χ1n) is 10.1. The van der Waals surface area contributed by atoms with E-state index in [2.05, 4.69) is 6.07 Å². The minimum Gasteiger partial charge on any atom is -0.493 e. The number of ether oxygens (including phenoxy) is 5. The lowest BCUT2D eigenvalue weighted by Crippen LogP contribution is -2.70. The molecule has 7 nitrogen and oxygen atoms in total. The zero-order valence-electron chi connectivity index (χ0n) is 16.2. The third-order valence-corrected chi connectivity index (χ3v) is 7.71. The number of likely N-dealkylation sites (tertiary alicyclic amines) is 1. The molecular formula is C21H25NO6. The average Bonchev–Trinajstić information content (AvgIpc) is 3.32. The molecule has 0 unspecified atom stereocenters. The van der Waals surface area contributed by atoms with Gasteiger partial charge in [-0.3, -0.25) is 0 Å². The van der Waals surface area contributed by atoms with E-state index in [4.69, 9.17) is 23.7 Å². The molecule has 2 aliphatic carbocycles. The predicted octanol–water partition coefficient (Wildman–Crippen LogP) is 2.24. The number of carbonyl (C=O) groups is 1. The fourth-order valence-corrected chi connectivity index (χ4v) is 6.78. The Bertz CT molecular complexity index is 850. The Kier molecular flexibility index (Phi) is 3.35. The number of hydrogen-bond donors (Lipinski definition) is 0. The summed E-state index contributed by atoms with van der Waals surface area (Å²) in [7, 11) is 3.15. The van der Waals surface area contributed by atoms with E-state index in [0.717, 1.165) is 37.2 Å². The van der Waals surface area contributed by atoms with Crippen molar-refractivity contribution in [3.63, 3.8) is 0 Å². The van der Waals surface area contributed by atoms with Gasteiger partial charge in [0.25, 0.3) is 0 Å². The molecule has 3 heterocycles. The van der Waals surface area contributed by atoms with Crippen molar-refractivity contribution in [1.82, 2.24) is 4.90 Å². The first-order chi connectivity index (χ1) is 13.6. The van der Waals surface area contributed by atoms with Crippen molar-refractivity contribution < 1.29 is 28.5 Å². The summed E-state index contributed by atoms with van der Waals surface area (Å²) < 4.78 is 29.8. The molecule has 2 saturated heterocycles. The molecule has 0 N–H and O–H groups in total. The molecule has 2 spiro atoms. The van der Waals surface area contributed by atoms with Gasteiger partial charge in [0.1, 0.15) is 0 Å². The molecule has 5 aliphatic rings. The maximum atomic E-state index is 12.5. The summed E-state index contributed by atoms with van der Waals surface area (Å²) >= 11 is 0. The van der Waals surface area contributed by atoms with E-state index in [1.807, 2.05) is 11.0 Å². The van der Waals surface area contributed by atoms with E-state index in [0.29, 0.717) is 25.7 Å². The molecule has 4 atom stereocenters. The van der Waals surface area contributed by atoms with Crippen LogP contribution >= 0.6 is 0 Å². The van der Waals surface area contributed by atoms with Crippen molar-refractivity contribution in [3.8, 4) is 11.5 Å². The summed E-state index contributed by atoms with van der Waals surface area (Å²) in [4.78, 5) is 14.4. The molecule has 6 rings (SSSR count). The van der Waals surface area contributed by atoms with Crippen LogP contribution in [0.25, 0.3) is 0 Å². The third-order valence-electron chi connectivity index (χ3n) is 7.71.